The van der Waals surface area contributed by atoms with Gasteiger partial charge < -0.3 is 0 Å². The molecule has 0 fully saturated rings. The van der Waals surface area contributed by atoms with E-state index in [0.29, 0.717) is 5.56 Å². The van der Waals surface area contributed by atoms with Gasteiger partial charge >= 0.3 is 0 Å². The van der Waals surface area contributed by atoms with E-state index < -0.39 is 4.92 Å². The topological polar surface area (TPSA) is 60.2 Å². The Labute approximate surface area is 82.8 Å². The fraction of sp³-hybridized carbons (Fsp3) is 0.125. The van der Waals surface area contributed by atoms with Gasteiger partial charge in [-0.3, -0.25) is 14.9 Å². The van der Waals surface area contributed by atoms with Crippen LogP contribution in [0.2, 0.25) is 0 Å². The van der Waals surface area contributed by atoms with Gasteiger partial charge in [0.25, 0.3) is 5.69 Å². The van der Waals surface area contributed by atoms with Gasteiger partial charge in [0.15, 0.2) is 5.78 Å². The number of nitro benzene ring substituents is 1. The van der Waals surface area contributed by atoms with Crippen LogP contribution in [-0.4, -0.2) is 10.7 Å². The summed E-state index contributed by atoms with van der Waals surface area (Å²) in [6, 6.07) is 4.37. The molecule has 13 heavy (non-hydrogen) atoms. The molecule has 68 valence electrons. The van der Waals surface area contributed by atoms with Crippen LogP contribution in [0.1, 0.15) is 17.3 Å². The Morgan fingerprint density at radius 2 is 2.15 bits per heavy atom. The molecule has 0 atom stereocenters. The Morgan fingerprint density at radius 1 is 1.54 bits per heavy atom. The number of halogens is 1. The van der Waals surface area contributed by atoms with Crippen molar-refractivity contribution in [3.05, 3.63) is 38.3 Å². The molecule has 0 saturated heterocycles. The molecule has 0 aliphatic carbocycles. The summed E-state index contributed by atoms with van der Waals surface area (Å²) in [7, 11) is 0. The van der Waals surface area contributed by atoms with Crippen molar-refractivity contribution in [3.8, 4) is 0 Å². The maximum Gasteiger partial charge on any atom is 0.284 e. The van der Waals surface area contributed by atoms with Crippen molar-refractivity contribution in [1.29, 1.82) is 0 Å². The first kappa shape index (κ1) is 9.85. The van der Waals surface area contributed by atoms with E-state index in [2.05, 4.69) is 15.9 Å². The highest BCUT2D eigenvalue weighted by Gasteiger charge is 2.16. The minimum absolute atomic E-state index is 0.0901. The van der Waals surface area contributed by atoms with E-state index in [1.54, 1.807) is 6.07 Å². The predicted molar refractivity (Wildman–Crippen MR) is 50.8 cm³/mol. The highest BCUT2D eigenvalue weighted by molar-refractivity contribution is 9.10. The maximum absolute atomic E-state index is 11.0. The van der Waals surface area contributed by atoms with Gasteiger partial charge in [0.05, 0.1) is 4.92 Å². The lowest BCUT2D eigenvalue weighted by Gasteiger charge is -1.99. The van der Waals surface area contributed by atoms with Gasteiger partial charge in [0.1, 0.15) is 4.47 Å². The Bertz CT molecular complexity index is 343. The molecule has 0 unspecified atom stereocenters. The van der Waals surface area contributed by atoms with Gasteiger partial charge in [0, 0.05) is 11.6 Å². The Morgan fingerprint density at radius 3 is 2.62 bits per heavy atom. The highest BCUT2D eigenvalue weighted by Crippen LogP contribution is 2.28. The van der Waals surface area contributed by atoms with E-state index in [1.165, 1.54) is 19.1 Å². The zero-order chi connectivity index (χ0) is 10.0. The van der Waals surface area contributed by atoms with Crippen LogP contribution in [0.25, 0.3) is 0 Å². The number of rotatable bonds is 2. The number of carbonyl (C=O) groups is 1. The second-order valence-corrected chi connectivity index (χ2v) is 3.24. The number of Topliss-reactive ketones (excluding diaryl/α,β-unsaturated/α-hetero) is 1. The monoisotopic (exact) mass is 243 g/mol. The summed E-state index contributed by atoms with van der Waals surface area (Å²) in [6.45, 7) is 1.36. The summed E-state index contributed by atoms with van der Waals surface area (Å²) in [5, 5.41) is 10.5. The highest BCUT2D eigenvalue weighted by atomic mass is 79.9. The van der Waals surface area contributed by atoms with Crippen LogP contribution >= 0.6 is 15.9 Å². The number of benzene rings is 1. The zero-order valence-corrected chi connectivity index (χ0v) is 8.37. The van der Waals surface area contributed by atoms with Gasteiger partial charge in [-0.2, -0.15) is 0 Å². The summed E-state index contributed by atoms with van der Waals surface area (Å²) in [4.78, 5) is 20.9. The lowest BCUT2D eigenvalue weighted by atomic mass is 10.1. The largest absolute Gasteiger partial charge is 0.294 e. The molecule has 0 radical (unpaired) electrons. The third-order valence-corrected chi connectivity index (χ3v) is 2.39. The van der Waals surface area contributed by atoms with Crippen molar-refractivity contribution >= 4 is 27.4 Å². The van der Waals surface area contributed by atoms with Crippen molar-refractivity contribution in [2.75, 3.05) is 0 Å². The predicted octanol–water partition coefficient (Wildman–Crippen LogP) is 2.56. The maximum atomic E-state index is 11.0. The van der Waals surface area contributed by atoms with Crippen molar-refractivity contribution < 1.29 is 9.72 Å². The normalized spacial score (nSPS) is 9.69. The molecule has 0 N–H and O–H groups in total. The number of carbonyl (C=O) groups excluding carboxylic acids is 1. The van der Waals surface area contributed by atoms with Crippen LogP contribution in [-0.2, 0) is 0 Å². The number of hydrogen-bond donors (Lipinski definition) is 0. The average Bonchev–Trinajstić information content (AvgIpc) is 2.03. The van der Waals surface area contributed by atoms with E-state index in [4.69, 9.17) is 0 Å². The average molecular weight is 244 g/mol. The molecule has 0 bridgehead atoms. The third kappa shape index (κ3) is 1.92. The van der Waals surface area contributed by atoms with Crippen molar-refractivity contribution in [3.63, 3.8) is 0 Å². The first-order valence-electron chi connectivity index (χ1n) is 3.48. The molecule has 1 aromatic rings. The van der Waals surface area contributed by atoms with Gasteiger partial charge in [-0.1, -0.05) is 6.07 Å². The van der Waals surface area contributed by atoms with Crippen LogP contribution in [0.5, 0.6) is 0 Å². The molecule has 0 aromatic heterocycles. The van der Waals surface area contributed by atoms with Crippen LogP contribution < -0.4 is 0 Å². The fourth-order valence-electron chi connectivity index (χ4n) is 0.933. The molecule has 0 aliphatic rings. The van der Waals surface area contributed by atoms with Crippen LogP contribution in [0, 0.1) is 10.1 Å². The summed E-state index contributed by atoms with van der Waals surface area (Å²) in [5.74, 6) is -0.199. The molecular weight excluding hydrogens is 238 g/mol. The first-order chi connectivity index (χ1) is 6.04. The minimum Gasteiger partial charge on any atom is -0.294 e. The number of hydrogen-bond acceptors (Lipinski definition) is 3. The lowest BCUT2D eigenvalue weighted by molar-refractivity contribution is -0.385. The van der Waals surface area contributed by atoms with Gasteiger partial charge in [0.2, 0.25) is 0 Å². The van der Waals surface area contributed by atoms with E-state index in [1.807, 2.05) is 0 Å². The molecule has 5 heteroatoms. The van der Waals surface area contributed by atoms with E-state index in [9.17, 15) is 14.9 Å². The van der Waals surface area contributed by atoms with E-state index >= 15 is 0 Å². The minimum atomic E-state index is -0.531. The van der Waals surface area contributed by atoms with Gasteiger partial charge in [-0.25, -0.2) is 0 Å². The number of ketones is 1. The van der Waals surface area contributed by atoms with Crippen LogP contribution in [0.3, 0.4) is 0 Å². The quantitative estimate of drug-likeness (QED) is 0.456. The Balaban J connectivity index is 3.35. The molecule has 1 rings (SSSR count). The van der Waals surface area contributed by atoms with Crippen molar-refractivity contribution in [2.24, 2.45) is 0 Å². The van der Waals surface area contributed by atoms with Crippen LogP contribution in [0.15, 0.2) is 22.7 Å². The molecule has 0 spiro atoms. The molecule has 1 aromatic carbocycles. The zero-order valence-electron chi connectivity index (χ0n) is 6.78. The molecule has 0 aliphatic heterocycles. The summed E-state index contributed by atoms with van der Waals surface area (Å²) in [5.41, 5.74) is 0.238. The number of nitro groups is 1. The summed E-state index contributed by atoms with van der Waals surface area (Å²) >= 11 is 3.02. The summed E-state index contributed by atoms with van der Waals surface area (Å²) < 4.78 is 0.243. The van der Waals surface area contributed by atoms with Crippen molar-refractivity contribution in [2.45, 2.75) is 6.92 Å². The SMILES string of the molecule is CC(=O)c1cccc([N+](=O)[O-])c1Br. The molecule has 0 heterocycles. The van der Waals surface area contributed by atoms with Gasteiger partial charge in [-0.15, -0.1) is 0 Å². The second-order valence-electron chi connectivity index (χ2n) is 2.45. The summed E-state index contributed by atoms with van der Waals surface area (Å²) in [6.07, 6.45) is 0. The third-order valence-electron chi connectivity index (χ3n) is 1.55. The Hall–Kier alpha value is -1.23. The van der Waals surface area contributed by atoms with Crippen molar-refractivity contribution in [1.82, 2.24) is 0 Å². The second kappa shape index (κ2) is 3.66. The smallest absolute Gasteiger partial charge is 0.284 e. The Kier molecular flexibility index (Phi) is 2.77. The van der Waals surface area contributed by atoms with E-state index in [0.717, 1.165) is 0 Å². The lowest BCUT2D eigenvalue weighted by Crippen LogP contribution is -1.97. The van der Waals surface area contributed by atoms with Gasteiger partial charge in [-0.05, 0) is 28.9 Å². The molecule has 4 nitrogen and oxygen atoms in total. The molecule has 0 amide bonds. The first-order valence-corrected chi connectivity index (χ1v) is 4.27. The molecular formula is C8H6BrNO3. The number of nitrogens with zero attached hydrogens (tertiary/aromatic N) is 1. The van der Waals surface area contributed by atoms with Crippen LogP contribution in [0.4, 0.5) is 5.69 Å². The fourth-order valence-corrected chi connectivity index (χ4v) is 1.62. The molecule has 0 saturated carbocycles. The standard InChI is InChI=1S/C8H6BrNO3/c1-5(11)6-3-2-4-7(8(6)9)10(12)13/h2-4H,1H3. The van der Waals surface area contributed by atoms with E-state index in [-0.39, 0.29) is 15.9 Å².